The topological polar surface area (TPSA) is 108 Å². The van der Waals surface area contributed by atoms with Crippen molar-refractivity contribution < 1.29 is 4.79 Å². The van der Waals surface area contributed by atoms with E-state index in [1.165, 1.54) is 6.07 Å². The van der Waals surface area contributed by atoms with Crippen molar-refractivity contribution >= 4 is 34.4 Å². The molecule has 0 saturated heterocycles. The molecule has 0 bridgehead atoms. The van der Waals surface area contributed by atoms with E-state index in [9.17, 15) is 14.4 Å². The number of amides is 1. The molecule has 0 aliphatic carbocycles. The number of pyridine rings is 1. The van der Waals surface area contributed by atoms with Crippen LogP contribution >= 0.6 is 11.8 Å². The quantitative estimate of drug-likeness (QED) is 0.496. The molecule has 2 heterocycles. The highest BCUT2D eigenvalue weighted by molar-refractivity contribution is 7.99. The summed E-state index contributed by atoms with van der Waals surface area (Å²) in [7, 11) is 0. The first-order valence-electron chi connectivity index (χ1n) is 7.23. The van der Waals surface area contributed by atoms with Crippen molar-refractivity contribution in [2.45, 2.75) is 11.9 Å². The minimum absolute atomic E-state index is 0.332. The second kappa shape index (κ2) is 6.71. The van der Waals surface area contributed by atoms with Crippen molar-refractivity contribution in [2.24, 2.45) is 0 Å². The number of aromatic amines is 2. The highest BCUT2D eigenvalue weighted by Gasteiger charge is 2.09. The van der Waals surface area contributed by atoms with E-state index in [0.717, 1.165) is 10.8 Å². The number of benzene rings is 1. The standard InChI is InChI=1S/C16H14N4O3S/c1-2-24-13-6-4-10(8-17-13)18-14(21)9-3-5-11-12(7-9)20-16(23)15(22)19-11/h3-8H,2H2,1H3,(H,18,21)(H,19,22)(H,20,23). The van der Waals surface area contributed by atoms with E-state index in [2.05, 4.69) is 20.3 Å². The Balaban J connectivity index is 1.84. The van der Waals surface area contributed by atoms with Gasteiger partial charge in [-0.05, 0) is 36.1 Å². The molecule has 0 aliphatic heterocycles. The number of carbonyl (C=O) groups is 1. The van der Waals surface area contributed by atoms with Gasteiger partial charge in [0.05, 0.1) is 27.9 Å². The molecule has 8 heteroatoms. The lowest BCUT2D eigenvalue weighted by molar-refractivity contribution is 0.102. The van der Waals surface area contributed by atoms with Crippen molar-refractivity contribution in [3.05, 3.63) is 62.8 Å². The zero-order chi connectivity index (χ0) is 17.1. The third-order valence-electron chi connectivity index (χ3n) is 3.27. The fourth-order valence-corrected chi connectivity index (χ4v) is 2.73. The van der Waals surface area contributed by atoms with Gasteiger partial charge in [-0.3, -0.25) is 14.4 Å². The maximum absolute atomic E-state index is 12.3. The average Bonchev–Trinajstić information content (AvgIpc) is 2.57. The van der Waals surface area contributed by atoms with Gasteiger partial charge in [-0.15, -0.1) is 11.8 Å². The van der Waals surface area contributed by atoms with Crippen molar-refractivity contribution in [3.63, 3.8) is 0 Å². The molecule has 0 radical (unpaired) electrons. The molecule has 3 aromatic rings. The highest BCUT2D eigenvalue weighted by Crippen LogP contribution is 2.17. The third kappa shape index (κ3) is 3.38. The van der Waals surface area contributed by atoms with Gasteiger partial charge in [-0.2, -0.15) is 0 Å². The molecule has 122 valence electrons. The molecule has 1 aromatic carbocycles. The molecule has 7 nitrogen and oxygen atoms in total. The van der Waals surface area contributed by atoms with Gasteiger partial charge in [0.15, 0.2) is 0 Å². The Morgan fingerprint density at radius 1 is 1.12 bits per heavy atom. The van der Waals surface area contributed by atoms with Gasteiger partial charge >= 0.3 is 11.1 Å². The van der Waals surface area contributed by atoms with Crippen LogP contribution in [0.1, 0.15) is 17.3 Å². The van der Waals surface area contributed by atoms with Gasteiger partial charge in [0.2, 0.25) is 0 Å². The van der Waals surface area contributed by atoms with E-state index in [-0.39, 0.29) is 5.91 Å². The fourth-order valence-electron chi connectivity index (χ4n) is 2.15. The summed E-state index contributed by atoms with van der Waals surface area (Å²) in [6, 6.07) is 8.27. The van der Waals surface area contributed by atoms with Crippen LogP contribution in [0.15, 0.2) is 51.1 Å². The summed E-state index contributed by atoms with van der Waals surface area (Å²) in [4.78, 5) is 44.1. The Morgan fingerprint density at radius 3 is 2.54 bits per heavy atom. The number of aromatic nitrogens is 3. The molecule has 2 aromatic heterocycles. The molecule has 0 unspecified atom stereocenters. The van der Waals surface area contributed by atoms with E-state index in [1.54, 1.807) is 36.2 Å². The van der Waals surface area contributed by atoms with Crippen LogP contribution < -0.4 is 16.4 Å². The van der Waals surface area contributed by atoms with Crippen molar-refractivity contribution in [2.75, 3.05) is 11.1 Å². The van der Waals surface area contributed by atoms with Crippen LogP contribution in [0.5, 0.6) is 0 Å². The minimum Gasteiger partial charge on any atom is -0.321 e. The summed E-state index contributed by atoms with van der Waals surface area (Å²) < 4.78 is 0. The monoisotopic (exact) mass is 342 g/mol. The molecule has 0 spiro atoms. The number of H-pyrrole nitrogens is 2. The number of fused-ring (bicyclic) bond motifs is 1. The number of nitrogens with zero attached hydrogens (tertiary/aromatic N) is 1. The number of thioether (sulfide) groups is 1. The molecule has 0 atom stereocenters. The van der Waals surface area contributed by atoms with E-state index in [0.29, 0.717) is 22.3 Å². The smallest absolute Gasteiger partial charge is 0.314 e. The van der Waals surface area contributed by atoms with Crippen LogP contribution in [-0.4, -0.2) is 26.6 Å². The zero-order valence-electron chi connectivity index (χ0n) is 12.8. The Hall–Kier alpha value is -2.87. The fraction of sp³-hybridized carbons (Fsp3) is 0.125. The first-order valence-corrected chi connectivity index (χ1v) is 8.22. The maximum atomic E-state index is 12.3. The molecule has 1 amide bonds. The molecule has 3 rings (SSSR count). The second-order valence-corrected chi connectivity index (χ2v) is 6.23. The van der Waals surface area contributed by atoms with Gasteiger partial charge in [0.25, 0.3) is 5.91 Å². The third-order valence-corrected chi connectivity index (χ3v) is 4.10. The van der Waals surface area contributed by atoms with Gasteiger partial charge in [-0.25, -0.2) is 4.98 Å². The Morgan fingerprint density at radius 2 is 1.88 bits per heavy atom. The van der Waals surface area contributed by atoms with Crippen LogP contribution in [0.3, 0.4) is 0 Å². The maximum Gasteiger partial charge on any atom is 0.314 e. The van der Waals surface area contributed by atoms with E-state index in [4.69, 9.17) is 0 Å². The largest absolute Gasteiger partial charge is 0.321 e. The van der Waals surface area contributed by atoms with Crippen LogP contribution in [0.4, 0.5) is 5.69 Å². The normalized spacial score (nSPS) is 10.7. The highest BCUT2D eigenvalue weighted by atomic mass is 32.2. The average molecular weight is 342 g/mol. The van der Waals surface area contributed by atoms with Gasteiger partial charge in [0, 0.05) is 5.56 Å². The summed E-state index contributed by atoms with van der Waals surface area (Å²) in [5, 5.41) is 3.64. The molecule has 3 N–H and O–H groups in total. The molecular weight excluding hydrogens is 328 g/mol. The lowest BCUT2D eigenvalue weighted by Crippen LogP contribution is -2.29. The van der Waals surface area contributed by atoms with Crippen LogP contribution in [0, 0.1) is 0 Å². The number of rotatable bonds is 4. The van der Waals surface area contributed by atoms with Crippen molar-refractivity contribution in [1.82, 2.24) is 15.0 Å². The van der Waals surface area contributed by atoms with Crippen LogP contribution in [0.25, 0.3) is 11.0 Å². The predicted molar refractivity (Wildman–Crippen MR) is 93.8 cm³/mol. The second-order valence-electron chi connectivity index (χ2n) is 4.94. The lowest BCUT2D eigenvalue weighted by atomic mass is 10.2. The molecular formula is C16H14N4O3S. The summed E-state index contributed by atoms with van der Waals surface area (Å²) in [6.45, 7) is 2.04. The van der Waals surface area contributed by atoms with Gasteiger partial charge in [0.1, 0.15) is 0 Å². The van der Waals surface area contributed by atoms with E-state index < -0.39 is 11.1 Å². The van der Waals surface area contributed by atoms with Gasteiger partial charge < -0.3 is 15.3 Å². The number of hydrogen-bond acceptors (Lipinski definition) is 5. The number of anilines is 1. The van der Waals surface area contributed by atoms with E-state index in [1.807, 2.05) is 13.0 Å². The minimum atomic E-state index is -0.756. The van der Waals surface area contributed by atoms with E-state index >= 15 is 0 Å². The Bertz CT molecular complexity index is 1010. The lowest BCUT2D eigenvalue weighted by Gasteiger charge is -2.06. The molecule has 0 aliphatic rings. The molecule has 24 heavy (non-hydrogen) atoms. The number of carbonyl (C=O) groups excluding carboxylic acids is 1. The number of nitrogens with one attached hydrogen (secondary N) is 3. The SMILES string of the molecule is CCSc1ccc(NC(=O)c2ccc3[nH]c(=O)c(=O)[nH]c3c2)cn1. The van der Waals surface area contributed by atoms with Crippen molar-refractivity contribution in [1.29, 1.82) is 0 Å². The van der Waals surface area contributed by atoms with Gasteiger partial charge in [-0.1, -0.05) is 6.92 Å². The summed E-state index contributed by atoms with van der Waals surface area (Å²) in [5.41, 5.74) is 0.302. The summed E-state index contributed by atoms with van der Waals surface area (Å²) in [6.07, 6.45) is 1.59. The summed E-state index contributed by atoms with van der Waals surface area (Å²) >= 11 is 1.62. The van der Waals surface area contributed by atoms with Crippen LogP contribution in [0.2, 0.25) is 0 Å². The summed E-state index contributed by atoms with van der Waals surface area (Å²) in [5.74, 6) is 0.595. The van der Waals surface area contributed by atoms with Crippen LogP contribution in [-0.2, 0) is 0 Å². The first kappa shape index (κ1) is 16.0. The molecule has 0 saturated carbocycles. The number of hydrogen-bond donors (Lipinski definition) is 3. The first-order chi connectivity index (χ1) is 11.6. The molecule has 0 fully saturated rings. The zero-order valence-corrected chi connectivity index (χ0v) is 13.6. The van der Waals surface area contributed by atoms with Crippen molar-refractivity contribution in [3.8, 4) is 0 Å². The Kier molecular flexibility index (Phi) is 4.48. The Labute approximate surface area is 140 Å². The predicted octanol–water partition coefficient (Wildman–Crippen LogP) is 1.98.